The van der Waals surface area contributed by atoms with Crippen LogP contribution in [-0.4, -0.2) is 12.0 Å². The average Bonchev–Trinajstić information content (AvgIpc) is 2.55. The number of fused-ring (bicyclic) bond motifs is 1. The van der Waals surface area contributed by atoms with Crippen LogP contribution in [-0.2, 0) is 4.79 Å². The molecule has 0 radical (unpaired) electrons. The van der Waals surface area contributed by atoms with E-state index in [9.17, 15) is 4.79 Å². The van der Waals surface area contributed by atoms with Gasteiger partial charge in [-0.05, 0) is 31.0 Å². The largest absolute Gasteiger partial charge is 0.478 e. The van der Waals surface area contributed by atoms with E-state index in [-0.39, 0.29) is 11.9 Å². The van der Waals surface area contributed by atoms with Gasteiger partial charge in [0.05, 0.1) is 11.7 Å². The zero-order valence-electron chi connectivity index (χ0n) is 12.8. The molecule has 1 amide bonds. The van der Waals surface area contributed by atoms with Gasteiger partial charge in [-0.1, -0.05) is 43.3 Å². The summed E-state index contributed by atoms with van der Waals surface area (Å²) in [4.78, 5) is 14.6. The number of para-hydroxylation sites is 1. The quantitative estimate of drug-likeness (QED) is 0.881. The fourth-order valence-corrected chi connectivity index (χ4v) is 2.88. The number of hydrogen-bond acceptors (Lipinski definition) is 3. The SMILES string of the molecule is CCC1Oc2cccc(N)c2N(C(C)c2ccccc2)C1=O. The topological polar surface area (TPSA) is 55.6 Å². The van der Waals surface area contributed by atoms with Crippen molar-refractivity contribution in [1.82, 2.24) is 0 Å². The molecule has 2 unspecified atom stereocenters. The third-order valence-electron chi connectivity index (χ3n) is 4.09. The normalized spacial score (nSPS) is 18.5. The van der Waals surface area contributed by atoms with Crippen LogP contribution in [0, 0.1) is 0 Å². The summed E-state index contributed by atoms with van der Waals surface area (Å²) in [6, 6.07) is 15.4. The summed E-state index contributed by atoms with van der Waals surface area (Å²) in [5.74, 6) is 0.637. The van der Waals surface area contributed by atoms with Crippen LogP contribution in [0.4, 0.5) is 11.4 Å². The standard InChI is InChI=1S/C18H20N2O2/c1-3-15-18(21)20(12(2)13-8-5-4-6-9-13)17-14(19)10-7-11-16(17)22-15/h4-12,15H,3,19H2,1-2H3. The van der Waals surface area contributed by atoms with Gasteiger partial charge in [-0.25, -0.2) is 0 Å². The molecule has 22 heavy (non-hydrogen) atoms. The van der Waals surface area contributed by atoms with E-state index in [1.165, 1.54) is 0 Å². The summed E-state index contributed by atoms with van der Waals surface area (Å²) in [5.41, 5.74) is 8.43. The average molecular weight is 296 g/mol. The molecule has 2 aromatic rings. The van der Waals surface area contributed by atoms with Gasteiger partial charge in [0.2, 0.25) is 0 Å². The Morgan fingerprint density at radius 1 is 1.18 bits per heavy atom. The lowest BCUT2D eigenvalue weighted by Gasteiger charge is -2.38. The fraction of sp³-hybridized carbons (Fsp3) is 0.278. The Labute approximate surface area is 130 Å². The van der Waals surface area contributed by atoms with Crippen molar-refractivity contribution in [3.63, 3.8) is 0 Å². The van der Waals surface area contributed by atoms with Crippen molar-refractivity contribution in [1.29, 1.82) is 0 Å². The molecule has 4 nitrogen and oxygen atoms in total. The van der Waals surface area contributed by atoms with E-state index in [0.717, 1.165) is 5.56 Å². The number of amides is 1. The molecule has 0 bridgehead atoms. The molecule has 3 rings (SSSR count). The van der Waals surface area contributed by atoms with Gasteiger partial charge in [-0.3, -0.25) is 9.69 Å². The number of anilines is 2. The number of benzene rings is 2. The minimum Gasteiger partial charge on any atom is -0.478 e. The van der Waals surface area contributed by atoms with Crippen molar-refractivity contribution in [2.75, 3.05) is 10.6 Å². The number of ether oxygens (including phenoxy) is 1. The zero-order valence-corrected chi connectivity index (χ0v) is 12.8. The predicted octanol–water partition coefficient (Wildman–Crippen LogP) is 3.53. The molecule has 2 aromatic carbocycles. The summed E-state index contributed by atoms with van der Waals surface area (Å²) in [6.45, 7) is 3.96. The molecule has 2 N–H and O–H groups in total. The Hall–Kier alpha value is -2.49. The maximum atomic E-state index is 12.8. The van der Waals surface area contributed by atoms with Crippen LogP contribution in [0.25, 0.3) is 0 Å². The van der Waals surface area contributed by atoms with E-state index < -0.39 is 6.10 Å². The number of nitrogens with two attached hydrogens (primary N) is 1. The Morgan fingerprint density at radius 2 is 1.91 bits per heavy atom. The molecule has 0 saturated carbocycles. The molecular weight excluding hydrogens is 276 g/mol. The lowest BCUT2D eigenvalue weighted by Crippen LogP contribution is -2.47. The molecule has 4 heteroatoms. The van der Waals surface area contributed by atoms with E-state index in [1.54, 1.807) is 11.0 Å². The second kappa shape index (κ2) is 5.72. The van der Waals surface area contributed by atoms with Crippen LogP contribution in [0.2, 0.25) is 0 Å². The van der Waals surface area contributed by atoms with E-state index >= 15 is 0 Å². The van der Waals surface area contributed by atoms with Crippen molar-refractivity contribution in [3.8, 4) is 5.75 Å². The Balaban J connectivity index is 2.10. The maximum Gasteiger partial charge on any atom is 0.268 e. The molecule has 0 fully saturated rings. The number of hydrogen-bond donors (Lipinski definition) is 1. The molecule has 1 aliphatic heterocycles. The lowest BCUT2D eigenvalue weighted by atomic mass is 10.0. The lowest BCUT2D eigenvalue weighted by molar-refractivity contribution is -0.127. The van der Waals surface area contributed by atoms with Crippen LogP contribution in [0.1, 0.15) is 31.9 Å². The van der Waals surface area contributed by atoms with Crippen molar-refractivity contribution in [2.24, 2.45) is 0 Å². The molecule has 1 heterocycles. The Morgan fingerprint density at radius 3 is 2.59 bits per heavy atom. The first kappa shape index (κ1) is 14.4. The highest BCUT2D eigenvalue weighted by Gasteiger charge is 2.37. The second-order valence-electron chi connectivity index (χ2n) is 5.50. The molecule has 0 aliphatic carbocycles. The minimum absolute atomic E-state index is 0.0377. The smallest absolute Gasteiger partial charge is 0.268 e. The van der Waals surface area contributed by atoms with Crippen LogP contribution < -0.4 is 15.4 Å². The van der Waals surface area contributed by atoms with E-state index in [0.29, 0.717) is 23.5 Å². The summed E-state index contributed by atoms with van der Waals surface area (Å²) in [7, 11) is 0. The highest BCUT2D eigenvalue weighted by Crippen LogP contribution is 2.43. The Bertz CT molecular complexity index is 685. The first-order valence-electron chi connectivity index (χ1n) is 7.56. The fourth-order valence-electron chi connectivity index (χ4n) is 2.88. The molecule has 114 valence electrons. The first-order chi connectivity index (χ1) is 10.6. The van der Waals surface area contributed by atoms with Crippen molar-refractivity contribution in [2.45, 2.75) is 32.4 Å². The van der Waals surface area contributed by atoms with Crippen molar-refractivity contribution < 1.29 is 9.53 Å². The number of nitrogen functional groups attached to an aromatic ring is 1. The van der Waals surface area contributed by atoms with Crippen molar-refractivity contribution in [3.05, 3.63) is 54.1 Å². The zero-order chi connectivity index (χ0) is 15.7. The number of carbonyl (C=O) groups excluding carboxylic acids is 1. The summed E-state index contributed by atoms with van der Waals surface area (Å²) in [5, 5.41) is 0. The first-order valence-corrected chi connectivity index (χ1v) is 7.56. The molecular formula is C18H20N2O2. The monoisotopic (exact) mass is 296 g/mol. The highest BCUT2D eigenvalue weighted by atomic mass is 16.5. The number of carbonyl (C=O) groups is 1. The minimum atomic E-state index is -0.458. The second-order valence-corrected chi connectivity index (χ2v) is 5.50. The summed E-state index contributed by atoms with van der Waals surface area (Å²) < 4.78 is 5.82. The molecule has 1 aliphatic rings. The van der Waals surface area contributed by atoms with E-state index in [2.05, 4.69) is 0 Å². The van der Waals surface area contributed by atoms with Crippen molar-refractivity contribution >= 4 is 17.3 Å². The van der Waals surface area contributed by atoms with Gasteiger partial charge in [-0.2, -0.15) is 0 Å². The Kier molecular flexibility index (Phi) is 3.75. The van der Waals surface area contributed by atoms with Crippen LogP contribution in [0.15, 0.2) is 48.5 Å². The number of rotatable bonds is 3. The van der Waals surface area contributed by atoms with Gasteiger partial charge < -0.3 is 10.5 Å². The van der Waals surface area contributed by atoms with Gasteiger partial charge in [0, 0.05) is 0 Å². The number of nitrogens with zero attached hydrogens (tertiary/aromatic N) is 1. The molecule has 2 atom stereocenters. The third-order valence-corrected chi connectivity index (χ3v) is 4.09. The maximum absolute atomic E-state index is 12.8. The van der Waals surface area contributed by atoms with Gasteiger partial charge >= 0.3 is 0 Å². The summed E-state index contributed by atoms with van der Waals surface area (Å²) >= 11 is 0. The van der Waals surface area contributed by atoms with Crippen LogP contribution in [0.5, 0.6) is 5.75 Å². The molecule has 0 aromatic heterocycles. The molecule has 0 spiro atoms. The predicted molar refractivity (Wildman–Crippen MR) is 87.9 cm³/mol. The van der Waals surface area contributed by atoms with Crippen LogP contribution in [0.3, 0.4) is 0 Å². The van der Waals surface area contributed by atoms with E-state index in [1.807, 2.05) is 56.3 Å². The van der Waals surface area contributed by atoms with Gasteiger partial charge in [0.25, 0.3) is 5.91 Å². The summed E-state index contributed by atoms with van der Waals surface area (Å²) in [6.07, 6.45) is 0.172. The van der Waals surface area contributed by atoms with Crippen LogP contribution >= 0.6 is 0 Å². The molecule has 0 saturated heterocycles. The van der Waals surface area contributed by atoms with Gasteiger partial charge in [0.15, 0.2) is 6.10 Å². The van der Waals surface area contributed by atoms with Gasteiger partial charge in [-0.15, -0.1) is 0 Å². The highest BCUT2D eigenvalue weighted by molar-refractivity contribution is 6.03. The third kappa shape index (κ3) is 2.30. The van der Waals surface area contributed by atoms with Gasteiger partial charge in [0.1, 0.15) is 11.4 Å². The van der Waals surface area contributed by atoms with E-state index in [4.69, 9.17) is 10.5 Å².